The second-order valence-electron chi connectivity index (χ2n) is 4.08. The third-order valence-electron chi connectivity index (χ3n) is 2.50. The van der Waals surface area contributed by atoms with E-state index < -0.39 is 0 Å². The number of aryl methyl sites for hydroxylation is 1. The number of anilines is 1. The maximum Gasteiger partial charge on any atom is 0.157 e. The lowest BCUT2D eigenvalue weighted by Gasteiger charge is -2.11. The average molecular weight is 310 g/mol. The zero-order chi connectivity index (χ0) is 13.1. The molecular formula is C14H13BrFNO. The number of hydrogen-bond acceptors (Lipinski definition) is 2. The van der Waals surface area contributed by atoms with Crippen LogP contribution in [0.5, 0.6) is 5.75 Å². The Morgan fingerprint density at radius 3 is 2.72 bits per heavy atom. The zero-order valence-corrected chi connectivity index (χ0v) is 11.5. The first-order valence-corrected chi connectivity index (χ1v) is 6.28. The van der Waals surface area contributed by atoms with Crippen LogP contribution in [-0.2, 0) is 6.61 Å². The van der Waals surface area contributed by atoms with Crippen LogP contribution in [0.15, 0.2) is 40.9 Å². The van der Waals surface area contributed by atoms with Gasteiger partial charge in [-0.1, -0.05) is 29.8 Å². The highest BCUT2D eigenvalue weighted by Gasteiger charge is 2.08. The number of benzene rings is 2. The maximum absolute atomic E-state index is 13.1. The fraction of sp³-hybridized carbons (Fsp3) is 0.143. The molecule has 2 nitrogen and oxygen atoms in total. The average Bonchev–Trinajstić information content (AvgIpc) is 2.27. The molecule has 94 valence electrons. The van der Waals surface area contributed by atoms with Crippen LogP contribution in [-0.4, -0.2) is 0 Å². The smallest absolute Gasteiger partial charge is 0.157 e. The van der Waals surface area contributed by atoms with Gasteiger partial charge in [-0.3, -0.25) is 0 Å². The summed E-state index contributed by atoms with van der Waals surface area (Å²) in [6, 6.07) is 10.6. The Morgan fingerprint density at radius 1 is 1.28 bits per heavy atom. The van der Waals surface area contributed by atoms with Crippen molar-refractivity contribution in [1.82, 2.24) is 0 Å². The highest BCUT2D eigenvalue weighted by Crippen LogP contribution is 2.32. The molecule has 0 amide bonds. The molecule has 0 aliphatic heterocycles. The number of rotatable bonds is 3. The summed E-state index contributed by atoms with van der Waals surface area (Å²) in [7, 11) is 0. The summed E-state index contributed by atoms with van der Waals surface area (Å²) in [5.41, 5.74) is 8.22. The SMILES string of the molecule is Cc1cccc(COc2c(N)cc(F)cc2Br)c1. The van der Waals surface area contributed by atoms with Crippen molar-refractivity contribution < 1.29 is 9.13 Å². The Morgan fingerprint density at radius 2 is 2.06 bits per heavy atom. The Balaban J connectivity index is 2.16. The number of hydrogen-bond donors (Lipinski definition) is 1. The monoisotopic (exact) mass is 309 g/mol. The van der Waals surface area contributed by atoms with Crippen LogP contribution in [0.25, 0.3) is 0 Å². The van der Waals surface area contributed by atoms with Gasteiger partial charge < -0.3 is 10.5 Å². The van der Waals surface area contributed by atoms with Crippen molar-refractivity contribution in [2.45, 2.75) is 13.5 Å². The standard InChI is InChI=1S/C14H13BrFNO/c1-9-3-2-4-10(5-9)8-18-14-12(15)6-11(16)7-13(14)17/h2-7H,8,17H2,1H3. The highest BCUT2D eigenvalue weighted by molar-refractivity contribution is 9.10. The van der Waals surface area contributed by atoms with Crippen molar-refractivity contribution in [2.24, 2.45) is 0 Å². The normalized spacial score (nSPS) is 10.4. The maximum atomic E-state index is 13.1. The van der Waals surface area contributed by atoms with Gasteiger partial charge in [0.1, 0.15) is 12.4 Å². The molecule has 0 bridgehead atoms. The van der Waals surface area contributed by atoms with E-state index in [1.807, 2.05) is 31.2 Å². The van der Waals surface area contributed by atoms with Crippen LogP contribution in [0.2, 0.25) is 0 Å². The Labute approximate surface area is 114 Å². The topological polar surface area (TPSA) is 35.2 Å². The van der Waals surface area contributed by atoms with E-state index in [0.29, 0.717) is 16.8 Å². The summed E-state index contributed by atoms with van der Waals surface area (Å²) in [6.45, 7) is 2.42. The molecule has 0 heterocycles. The summed E-state index contributed by atoms with van der Waals surface area (Å²) >= 11 is 3.24. The zero-order valence-electron chi connectivity index (χ0n) is 9.91. The molecular weight excluding hydrogens is 297 g/mol. The minimum atomic E-state index is -0.387. The van der Waals surface area contributed by atoms with Gasteiger partial charge in [0.25, 0.3) is 0 Å². The predicted octanol–water partition coefficient (Wildman–Crippen LogP) is 4.06. The van der Waals surface area contributed by atoms with Gasteiger partial charge in [0.05, 0.1) is 10.2 Å². The predicted molar refractivity (Wildman–Crippen MR) is 74.0 cm³/mol. The van der Waals surface area contributed by atoms with E-state index in [0.717, 1.165) is 5.56 Å². The van der Waals surface area contributed by atoms with Crippen LogP contribution < -0.4 is 10.5 Å². The quantitative estimate of drug-likeness (QED) is 0.868. The molecule has 2 aromatic rings. The molecule has 0 fully saturated rings. The molecule has 0 atom stereocenters. The fourth-order valence-corrected chi connectivity index (χ4v) is 2.25. The molecule has 0 aliphatic carbocycles. The number of halogens is 2. The van der Waals surface area contributed by atoms with E-state index >= 15 is 0 Å². The van der Waals surface area contributed by atoms with Crippen molar-refractivity contribution in [1.29, 1.82) is 0 Å². The summed E-state index contributed by atoms with van der Waals surface area (Å²) in [4.78, 5) is 0. The van der Waals surface area contributed by atoms with Crippen molar-refractivity contribution >= 4 is 21.6 Å². The lowest BCUT2D eigenvalue weighted by molar-refractivity contribution is 0.305. The van der Waals surface area contributed by atoms with Gasteiger partial charge in [-0.05, 0) is 34.5 Å². The third-order valence-corrected chi connectivity index (χ3v) is 3.09. The van der Waals surface area contributed by atoms with E-state index in [1.165, 1.54) is 17.7 Å². The second kappa shape index (κ2) is 5.40. The van der Waals surface area contributed by atoms with Gasteiger partial charge >= 0.3 is 0 Å². The minimum absolute atomic E-state index is 0.287. The number of ether oxygens (including phenoxy) is 1. The van der Waals surface area contributed by atoms with Gasteiger partial charge in [-0.2, -0.15) is 0 Å². The molecule has 0 unspecified atom stereocenters. The van der Waals surface area contributed by atoms with Crippen LogP contribution >= 0.6 is 15.9 Å². The van der Waals surface area contributed by atoms with E-state index in [1.54, 1.807) is 0 Å². The molecule has 2 aromatic carbocycles. The Kier molecular flexibility index (Phi) is 3.87. The highest BCUT2D eigenvalue weighted by atomic mass is 79.9. The first-order valence-electron chi connectivity index (χ1n) is 5.49. The van der Waals surface area contributed by atoms with Gasteiger partial charge in [0.2, 0.25) is 0 Å². The van der Waals surface area contributed by atoms with Crippen molar-refractivity contribution in [2.75, 3.05) is 5.73 Å². The third kappa shape index (κ3) is 3.01. The van der Waals surface area contributed by atoms with E-state index in [4.69, 9.17) is 10.5 Å². The summed E-state index contributed by atoms with van der Waals surface area (Å²) < 4.78 is 19.2. The minimum Gasteiger partial charge on any atom is -0.486 e. The van der Waals surface area contributed by atoms with Crippen LogP contribution in [0.3, 0.4) is 0 Å². The van der Waals surface area contributed by atoms with E-state index in [2.05, 4.69) is 15.9 Å². The van der Waals surface area contributed by atoms with Crippen molar-refractivity contribution in [3.63, 3.8) is 0 Å². The fourth-order valence-electron chi connectivity index (χ4n) is 1.69. The lowest BCUT2D eigenvalue weighted by atomic mass is 10.1. The molecule has 2 N–H and O–H groups in total. The lowest BCUT2D eigenvalue weighted by Crippen LogP contribution is -2.00. The molecule has 0 spiro atoms. The summed E-state index contributed by atoms with van der Waals surface area (Å²) in [6.07, 6.45) is 0. The van der Waals surface area contributed by atoms with Crippen LogP contribution in [0.1, 0.15) is 11.1 Å². The van der Waals surface area contributed by atoms with Crippen molar-refractivity contribution in [3.05, 3.63) is 57.8 Å². The second-order valence-corrected chi connectivity index (χ2v) is 4.94. The summed E-state index contributed by atoms with van der Waals surface area (Å²) in [5.74, 6) is 0.0835. The number of nitrogens with two attached hydrogens (primary N) is 1. The van der Waals surface area contributed by atoms with Gasteiger partial charge in [0, 0.05) is 6.07 Å². The van der Waals surface area contributed by atoms with Crippen LogP contribution in [0.4, 0.5) is 10.1 Å². The van der Waals surface area contributed by atoms with Gasteiger partial charge in [-0.25, -0.2) is 4.39 Å². The molecule has 4 heteroatoms. The molecule has 18 heavy (non-hydrogen) atoms. The van der Waals surface area contributed by atoms with Crippen LogP contribution in [0, 0.1) is 12.7 Å². The van der Waals surface area contributed by atoms with E-state index in [-0.39, 0.29) is 11.5 Å². The first kappa shape index (κ1) is 12.9. The number of nitrogen functional groups attached to an aromatic ring is 1. The summed E-state index contributed by atoms with van der Waals surface area (Å²) in [5, 5.41) is 0. The molecule has 0 aliphatic rings. The molecule has 0 radical (unpaired) electrons. The molecule has 0 saturated carbocycles. The first-order chi connectivity index (χ1) is 8.56. The Hall–Kier alpha value is -1.55. The molecule has 2 rings (SSSR count). The van der Waals surface area contributed by atoms with Crippen molar-refractivity contribution in [3.8, 4) is 5.75 Å². The van der Waals surface area contributed by atoms with E-state index in [9.17, 15) is 4.39 Å². The molecule has 0 aromatic heterocycles. The largest absolute Gasteiger partial charge is 0.486 e. The van der Waals surface area contributed by atoms with Gasteiger partial charge in [-0.15, -0.1) is 0 Å². The molecule has 0 saturated heterocycles. The Bertz CT molecular complexity index is 548. The van der Waals surface area contributed by atoms with Gasteiger partial charge in [0.15, 0.2) is 5.75 Å².